The van der Waals surface area contributed by atoms with Crippen molar-refractivity contribution < 1.29 is 9.53 Å². The number of allylic oxidation sites excluding steroid dienone is 3. The van der Waals surface area contributed by atoms with Gasteiger partial charge in [0.15, 0.2) is 0 Å². The minimum absolute atomic E-state index is 0.134. The Balaban J connectivity index is 1.37. The van der Waals surface area contributed by atoms with Crippen molar-refractivity contribution in [2.24, 2.45) is 12.0 Å². The number of carbonyl (C=O) groups excluding carboxylic acids is 1. The molecule has 10 nitrogen and oxygen atoms in total. The summed E-state index contributed by atoms with van der Waals surface area (Å²) in [6.07, 6.45) is 13.8. The largest absolute Gasteiger partial charge is 0.444 e. The Hall–Kier alpha value is -4.39. The number of likely N-dealkylation sites (tertiary alicyclic amines) is 2. The van der Waals surface area contributed by atoms with E-state index in [2.05, 4.69) is 38.9 Å². The van der Waals surface area contributed by atoms with Gasteiger partial charge in [0.05, 0.1) is 29.0 Å². The maximum Gasteiger partial charge on any atom is 0.410 e. The summed E-state index contributed by atoms with van der Waals surface area (Å²) in [5, 5.41) is 18.4. The summed E-state index contributed by atoms with van der Waals surface area (Å²) in [7, 11) is 1.88. The number of piperidine rings is 1. The van der Waals surface area contributed by atoms with Crippen molar-refractivity contribution in [2.45, 2.75) is 58.1 Å². The SMILES string of the molecule is C=N/C(=C\C=C(/C)c1cc(-c2cnn(C)c2)cn2ncc(C#N)c12)N1CCC2(CC1)CCN2C(=O)OC(C)(C)C. The van der Waals surface area contributed by atoms with Crippen LogP contribution in [0.4, 0.5) is 4.79 Å². The molecule has 1 amide bonds. The Morgan fingerprint density at radius 2 is 1.85 bits per heavy atom. The van der Waals surface area contributed by atoms with Gasteiger partial charge in [-0.3, -0.25) is 4.68 Å². The lowest BCUT2D eigenvalue weighted by atomic mass is 9.76. The summed E-state index contributed by atoms with van der Waals surface area (Å²) in [5.41, 5.74) is 4.45. The number of nitriles is 1. The fourth-order valence-corrected chi connectivity index (χ4v) is 5.59. The van der Waals surface area contributed by atoms with Gasteiger partial charge in [-0.2, -0.15) is 15.5 Å². The fraction of sp³-hybridized carbons (Fsp3) is 0.433. The van der Waals surface area contributed by atoms with Gasteiger partial charge in [-0.05, 0) is 71.4 Å². The summed E-state index contributed by atoms with van der Waals surface area (Å²) < 4.78 is 9.16. The second kappa shape index (κ2) is 10.3. The molecule has 0 saturated carbocycles. The molecule has 1 spiro atoms. The minimum Gasteiger partial charge on any atom is -0.444 e. The van der Waals surface area contributed by atoms with Gasteiger partial charge in [-0.25, -0.2) is 14.3 Å². The molecule has 5 rings (SSSR count). The zero-order valence-corrected chi connectivity index (χ0v) is 23.9. The van der Waals surface area contributed by atoms with Crippen LogP contribution in [0.25, 0.3) is 22.2 Å². The average Bonchev–Trinajstić information content (AvgIpc) is 3.53. The molecular formula is C30H36N8O2. The van der Waals surface area contributed by atoms with Crippen LogP contribution >= 0.6 is 0 Å². The first kappa shape index (κ1) is 27.2. The van der Waals surface area contributed by atoms with Crippen molar-refractivity contribution in [2.75, 3.05) is 19.6 Å². The predicted octanol–water partition coefficient (Wildman–Crippen LogP) is 5.03. The highest BCUT2D eigenvalue weighted by Crippen LogP contribution is 2.41. The van der Waals surface area contributed by atoms with Crippen molar-refractivity contribution in [3.8, 4) is 17.2 Å². The first-order chi connectivity index (χ1) is 19.0. The Labute approximate surface area is 234 Å². The molecule has 10 heteroatoms. The molecule has 40 heavy (non-hydrogen) atoms. The number of aromatic nitrogens is 4. The highest BCUT2D eigenvalue weighted by atomic mass is 16.6. The van der Waals surface area contributed by atoms with Crippen LogP contribution < -0.4 is 0 Å². The van der Waals surface area contributed by atoms with Gasteiger partial charge in [-0.15, -0.1) is 0 Å². The summed E-state index contributed by atoms with van der Waals surface area (Å²) in [5.74, 6) is 0.783. The average molecular weight is 541 g/mol. The van der Waals surface area contributed by atoms with Crippen molar-refractivity contribution in [3.05, 3.63) is 60.0 Å². The van der Waals surface area contributed by atoms with Crippen LogP contribution in [0.3, 0.4) is 0 Å². The van der Waals surface area contributed by atoms with Crippen LogP contribution in [-0.2, 0) is 11.8 Å². The van der Waals surface area contributed by atoms with E-state index in [-0.39, 0.29) is 11.6 Å². The standard InChI is InChI=1S/C30H36N8O2/c1-21(25-15-22(24-18-33-35(6)19-24)20-38-27(25)23(16-31)17-34-38)7-8-26(32-5)36-12-9-30(10-13-36)11-14-37(30)28(39)40-29(2,3)4/h7-8,15,17-20H,5,9-14H2,1-4,6H3/b21-7+,26-8+. The topological polar surface area (TPSA) is 104 Å². The number of ether oxygens (including phenoxy) is 1. The number of hydrogen-bond donors (Lipinski definition) is 0. The lowest BCUT2D eigenvalue weighted by Gasteiger charge is -2.56. The highest BCUT2D eigenvalue weighted by Gasteiger charge is 2.50. The van der Waals surface area contributed by atoms with E-state index in [4.69, 9.17) is 4.74 Å². The molecule has 0 radical (unpaired) electrons. The third kappa shape index (κ3) is 5.11. The van der Waals surface area contributed by atoms with E-state index in [1.807, 2.05) is 70.4 Å². The van der Waals surface area contributed by atoms with Gasteiger partial charge in [-0.1, -0.05) is 6.08 Å². The molecule has 0 unspecified atom stereocenters. The summed E-state index contributed by atoms with van der Waals surface area (Å²) in [4.78, 5) is 21.2. The van der Waals surface area contributed by atoms with E-state index in [9.17, 15) is 10.1 Å². The third-order valence-corrected chi connectivity index (χ3v) is 7.85. The quantitative estimate of drug-likeness (QED) is 0.332. The molecule has 208 valence electrons. The van der Waals surface area contributed by atoms with E-state index in [1.54, 1.807) is 15.4 Å². The number of aryl methyl sites for hydroxylation is 1. The normalized spacial score (nSPS) is 17.6. The van der Waals surface area contributed by atoms with E-state index >= 15 is 0 Å². The Morgan fingerprint density at radius 1 is 1.12 bits per heavy atom. The van der Waals surface area contributed by atoms with Crippen molar-refractivity contribution in [3.63, 3.8) is 0 Å². The van der Waals surface area contributed by atoms with Crippen molar-refractivity contribution in [1.82, 2.24) is 29.2 Å². The number of pyridine rings is 1. The number of carbonyl (C=O) groups is 1. The Bertz CT molecular complexity index is 1550. The summed E-state index contributed by atoms with van der Waals surface area (Å²) in [6, 6.07) is 4.33. The first-order valence-electron chi connectivity index (χ1n) is 13.6. The van der Waals surface area contributed by atoms with Crippen LogP contribution in [0.15, 0.2) is 53.8 Å². The molecule has 2 saturated heterocycles. The van der Waals surface area contributed by atoms with Crippen LogP contribution in [-0.4, -0.2) is 72.8 Å². The fourth-order valence-electron chi connectivity index (χ4n) is 5.59. The molecule has 0 N–H and O–H groups in total. The number of aliphatic imine (C=N–C) groups is 1. The summed E-state index contributed by atoms with van der Waals surface area (Å²) >= 11 is 0. The van der Waals surface area contributed by atoms with Gasteiger partial charge in [0, 0.05) is 55.8 Å². The van der Waals surface area contributed by atoms with E-state index in [0.717, 1.165) is 72.5 Å². The molecule has 0 aliphatic carbocycles. The zero-order valence-electron chi connectivity index (χ0n) is 23.9. The maximum atomic E-state index is 12.7. The molecule has 3 aromatic rings. The maximum absolute atomic E-state index is 12.7. The predicted molar refractivity (Wildman–Crippen MR) is 154 cm³/mol. The number of rotatable bonds is 5. The molecule has 2 fully saturated rings. The van der Waals surface area contributed by atoms with Gasteiger partial charge in [0.1, 0.15) is 17.5 Å². The molecule has 3 aromatic heterocycles. The minimum atomic E-state index is -0.505. The molecule has 2 aliphatic heterocycles. The van der Waals surface area contributed by atoms with Gasteiger partial charge >= 0.3 is 6.09 Å². The van der Waals surface area contributed by atoms with Gasteiger partial charge < -0.3 is 14.5 Å². The van der Waals surface area contributed by atoms with Crippen molar-refractivity contribution >= 4 is 23.9 Å². The lowest BCUT2D eigenvalue weighted by Crippen LogP contribution is -2.66. The molecule has 0 atom stereocenters. The van der Waals surface area contributed by atoms with Crippen LogP contribution in [0.5, 0.6) is 0 Å². The van der Waals surface area contributed by atoms with E-state index in [1.165, 1.54) is 0 Å². The van der Waals surface area contributed by atoms with Gasteiger partial charge in [0.25, 0.3) is 0 Å². The molecule has 2 aliphatic rings. The number of fused-ring (bicyclic) bond motifs is 1. The van der Waals surface area contributed by atoms with Crippen LogP contribution in [0.2, 0.25) is 0 Å². The molecular weight excluding hydrogens is 504 g/mol. The Kier molecular flexibility index (Phi) is 7.00. The first-order valence-corrected chi connectivity index (χ1v) is 13.6. The number of nitrogens with zero attached hydrogens (tertiary/aromatic N) is 8. The molecule has 0 bridgehead atoms. The highest BCUT2D eigenvalue weighted by molar-refractivity contribution is 5.84. The van der Waals surface area contributed by atoms with Gasteiger partial charge in [0.2, 0.25) is 0 Å². The number of amides is 1. The lowest BCUT2D eigenvalue weighted by molar-refractivity contribution is -0.0662. The van der Waals surface area contributed by atoms with E-state index < -0.39 is 5.60 Å². The van der Waals surface area contributed by atoms with Crippen molar-refractivity contribution in [1.29, 1.82) is 5.26 Å². The molecule has 0 aromatic carbocycles. The second-order valence-corrected chi connectivity index (χ2v) is 11.6. The summed E-state index contributed by atoms with van der Waals surface area (Å²) in [6.45, 7) is 13.8. The Morgan fingerprint density at radius 3 is 2.42 bits per heavy atom. The molecule has 5 heterocycles. The smallest absolute Gasteiger partial charge is 0.410 e. The van der Waals surface area contributed by atoms with Crippen LogP contribution in [0, 0.1) is 11.3 Å². The van der Waals surface area contributed by atoms with Crippen LogP contribution in [0.1, 0.15) is 58.1 Å². The monoisotopic (exact) mass is 540 g/mol. The zero-order chi connectivity index (χ0) is 28.7. The number of hydrogen-bond acceptors (Lipinski definition) is 7. The third-order valence-electron chi connectivity index (χ3n) is 7.85. The van der Waals surface area contributed by atoms with E-state index in [0.29, 0.717) is 5.56 Å². The second-order valence-electron chi connectivity index (χ2n) is 11.6.